The van der Waals surface area contributed by atoms with Crippen molar-refractivity contribution in [1.82, 2.24) is 4.90 Å². The number of unbranched alkanes of at least 4 members (excludes halogenated alkanes) is 2. The maximum absolute atomic E-state index is 6.06. The summed E-state index contributed by atoms with van der Waals surface area (Å²) < 4.78 is 5.20. The van der Waals surface area contributed by atoms with Gasteiger partial charge in [0, 0.05) is 12.1 Å². The minimum Gasteiger partial charge on any atom is -0.497 e. The lowest BCUT2D eigenvalue weighted by Crippen LogP contribution is -2.50. The van der Waals surface area contributed by atoms with E-state index in [-0.39, 0.29) is 5.54 Å². The van der Waals surface area contributed by atoms with Crippen molar-refractivity contribution in [2.75, 3.05) is 27.2 Å². The van der Waals surface area contributed by atoms with E-state index in [1.54, 1.807) is 7.11 Å². The van der Waals surface area contributed by atoms with E-state index >= 15 is 0 Å². The molecule has 0 bridgehead atoms. The zero-order chi connectivity index (χ0) is 15.7. The molecule has 0 saturated heterocycles. The first-order chi connectivity index (χ1) is 10.1. The minimum atomic E-state index is 0.0771. The molecule has 0 aromatic heterocycles. The van der Waals surface area contributed by atoms with Crippen LogP contribution in [0.4, 0.5) is 0 Å². The number of hydrogen-bond acceptors (Lipinski definition) is 3. The molecule has 0 spiro atoms. The highest BCUT2D eigenvalue weighted by Gasteiger charge is 2.26. The number of hydrogen-bond donors (Lipinski definition) is 1. The number of nitrogens with zero attached hydrogens (tertiary/aromatic N) is 1. The molecule has 3 heteroatoms. The summed E-state index contributed by atoms with van der Waals surface area (Å²) in [4.78, 5) is 2.44. The van der Waals surface area contributed by atoms with Crippen molar-refractivity contribution in [3.63, 3.8) is 0 Å². The molecule has 1 rings (SSSR count). The van der Waals surface area contributed by atoms with Gasteiger partial charge in [0.05, 0.1) is 7.11 Å². The molecule has 1 aromatic rings. The number of benzene rings is 1. The van der Waals surface area contributed by atoms with Crippen LogP contribution in [0.3, 0.4) is 0 Å². The summed E-state index contributed by atoms with van der Waals surface area (Å²) in [6.07, 6.45) is 5.95. The van der Waals surface area contributed by atoms with Crippen molar-refractivity contribution in [1.29, 1.82) is 0 Å². The fraction of sp³-hybridized carbons (Fsp3) is 0.667. The SMILES string of the molecule is CCCCCN(C)C(C)(CN)CCc1ccc(OC)cc1. The third kappa shape index (κ3) is 5.68. The van der Waals surface area contributed by atoms with Gasteiger partial charge in [0.15, 0.2) is 0 Å². The Morgan fingerprint density at radius 1 is 1.19 bits per heavy atom. The van der Waals surface area contributed by atoms with Gasteiger partial charge in [-0.2, -0.15) is 0 Å². The van der Waals surface area contributed by atoms with Gasteiger partial charge in [0.1, 0.15) is 5.75 Å². The molecule has 21 heavy (non-hydrogen) atoms. The molecular formula is C18H32N2O. The zero-order valence-electron chi connectivity index (χ0n) is 14.2. The van der Waals surface area contributed by atoms with Crippen LogP contribution < -0.4 is 10.5 Å². The van der Waals surface area contributed by atoms with Crippen LogP contribution in [0, 0.1) is 0 Å². The van der Waals surface area contributed by atoms with Gasteiger partial charge in [-0.3, -0.25) is 4.90 Å². The van der Waals surface area contributed by atoms with Crippen molar-refractivity contribution >= 4 is 0 Å². The zero-order valence-corrected chi connectivity index (χ0v) is 14.2. The predicted octanol–water partition coefficient (Wildman–Crippen LogP) is 3.47. The lowest BCUT2D eigenvalue weighted by atomic mass is 9.91. The van der Waals surface area contributed by atoms with Gasteiger partial charge in [-0.05, 0) is 57.5 Å². The van der Waals surface area contributed by atoms with Crippen LogP contribution in [0.25, 0.3) is 0 Å². The molecule has 1 unspecified atom stereocenters. The van der Waals surface area contributed by atoms with Gasteiger partial charge in [-0.1, -0.05) is 31.9 Å². The fourth-order valence-corrected chi connectivity index (χ4v) is 2.52. The van der Waals surface area contributed by atoms with E-state index in [9.17, 15) is 0 Å². The van der Waals surface area contributed by atoms with Gasteiger partial charge < -0.3 is 10.5 Å². The van der Waals surface area contributed by atoms with E-state index in [1.807, 2.05) is 12.1 Å². The Bertz CT molecular complexity index is 391. The quantitative estimate of drug-likeness (QED) is 0.671. The second-order valence-electron chi connectivity index (χ2n) is 6.18. The molecule has 0 fully saturated rings. The number of rotatable bonds is 10. The van der Waals surface area contributed by atoms with Crippen LogP contribution >= 0.6 is 0 Å². The van der Waals surface area contributed by atoms with Crippen molar-refractivity contribution in [2.24, 2.45) is 5.73 Å². The minimum absolute atomic E-state index is 0.0771. The molecule has 0 heterocycles. The number of methoxy groups -OCH3 is 1. The number of nitrogens with two attached hydrogens (primary N) is 1. The van der Waals surface area contributed by atoms with Gasteiger partial charge >= 0.3 is 0 Å². The van der Waals surface area contributed by atoms with Crippen LogP contribution in [-0.4, -0.2) is 37.7 Å². The third-order valence-corrected chi connectivity index (χ3v) is 4.57. The summed E-state index contributed by atoms with van der Waals surface area (Å²) in [7, 11) is 3.91. The lowest BCUT2D eigenvalue weighted by molar-refractivity contribution is 0.132. The summed E-state index contributed by atoms with van der Waals surface area (Å²) in [6.45, 7) is 6.35. The smallest absolute Gasteiger partial charge is 0.118 e. The Morgan fingerprint density at radius 2 is 1.86 bits per heavy atom. The second-order valence-corrected chi connectivity index (χ2v) is 6.18. The molecule has 0 aliphatic rings. The fourth-order valence-electron chi connectivity index (χ4n) is 2.52. The molecular weight excluding hydrogens is 260 g/mol. The van der Waals surface area contributed by atoms with E-state index in [1.165, 1.54) is 24.8 Å². The average molecular weight is 292 g/mol. The molecule has 1 atom stereocenters. The highest BCUT2D eigenvalue weighted by atomic mass is 16.5. The van der Waals surface area contributed by atoms with E-state index < -0.39 is 0 Å². The molecule has 3 nitrogen and oxygen atoms in total. The maximum Gasteiger partial charge on any atom is 0.118 e. The third-order valence-electron chi connectivity index (χ3n) is 4.57. The Labute approximate surface area is 130 Å². The van der Waals surface area contributed by atoms with Gasteiger partial charge in [-0.25, -0.2) is 0 Å². The van der Waals surface area contributed by atoms with E-state index in [2.05, 4.69) is 37.9 Å². The van der Waals surface area contributed by atoms with Crippen LogP contribution in [0.5, 0.6) is 5.75 Å². The average Bonchev–Trinajstić information content (AvgIpc) is 2.53. The summed E-state index contributed by atoms with van der Waals surface area (Å²) in [5.41, 5.74) is 7.48. The summed E-state index contributed by atoms with van der Waals surface area (Å²) >= 11 is 0. The molecule has 0 aliphatic heterocycles. The second kappa shape index (κ2) is 9.06. The summed E-state index contributed by atoms with van der Waals surface area (Å²) in [5.74, 6) is 0.914. The van der Waals surface area contributed by atoms with Crippen molar-refractivity contribution in [3.05, 3.63) is 29.8 Å². The first-order valence-corrected chi connectivity index (χ1v) is 8.10. The van der Waals surface area contributed by atoms with Crippen LogP contribution in [0.15, 0.2) is 24.3 Å². The first-order valence-electron chi connectivity index (χ1n) is 8.10. The molecule has 0 aliphatic carbocycles. The van der Waals surface area contributed by atoms with E-state index in [0.717, 1.165) is 25.1 Å². The van der Waals surface area contributed by atoms with Gasteiger partial charge in [0.25, 0.3) is 0 Å². The molecule has 1 aromatic carbocycles. The van der Waals surface area contributed by atoms with Crippen molar-refractivity contribution in [2.45, 2.75) is 51.5 Å². The Balaban J connectivity index is 2.54. The molecule has 0 radical (unpaired) electrons. The maximum atomic E-state index is 6.06. The normalized spacial score (nSPS) is 14.2. The van der Waals surface area contributed by atoms with Crippen LogP contribution in [-0.2, 0) is 6.42 Å². The molecule has 0 amide bonds. The Morgan fingerprint density at radius 3 is 2.38 bits per heavy atom. The molecule has 2 N–H and O–H groups in total. The van der Waals surface area contributed by atoms with Crippen molar-refractivity contribution in [3.8, 4) is 5.75 Å². The van der Waals surface area contributed by atoms with Crippen LogP contribution in [0.2, 0.25) is 0 Å². The first kappa shape index (κ1) is 18.0. The van der Waals surface area contributed by atoms with Crippen LogP contribution in [0.1, 0.15) is 45.1 Å². The molecule has 120 valence electrons. The summed E-state index contributed by atoms with van der Waals surface area (Å²) in [6, 6.07) is 8.35. The number of ether oxygens (including phenoxy) is 1. The standard InChI is InChI=1S/C18H32N2O/c1-5-6-7-14-20(3)18(2,15-19)13-12-16-8-10-17(21-4)11-9-16/h8-11H,5-7,12-15,19H2,1-4H3. The Kier molecular flexibility index (Phi) is 7.76. The number of likely N-dealkylation sites (N-methyl/N-ethyl adjacent to an activating group) is 1. The summed E-state index contributed by atoms with van der Waals surface area (Å²) in [5, 5.41) is 0. The van der Waals surface area contributed by atoms with E-state index in [0.29, 0.717) is 6.54 Å². The topological polar surface area (TPSA) is 38.5 Å². The van der Waals surface area contributed by atoms with Gasteiger partial charge in [0.2, 0.25) is 0 Å². The largest absolute Gasteiger partial charge is 0.497 e. The van der Waals surface area contributed by atoms with E-state index in [4.69, 9.17) is 10.5 Å². The monoisotopic (exact) mass is 292 g/mol. The highest BCUT2D eigenvalue weighted by molar-refractivity contribution is 5.27. The van der Waals surface area contributed by atoms with Crippen molar-refractivity contribution < 1.29 is 4.74 Å². The number of aryl methyl sites for hydroxylation is 1. The lowest BCUT2D eigenvalue weighted by Gasteiger charge is -2.38. The predicted molar refractivity (Wildman–Crippen MR) is 90.9 cm³/mol. The van der Waals surface area contributed by atoms with Gasteiger partial charge in [-0.15, -0.1) is 0 Å². The highest BCUT2D eigenvalue weighted by Crippen LogP contribution is 2.21. The Hall–Kier alpha value is -1.06. The molecule has 0 saturated carbocycles.